The van der Waals surface area contributed by atoms with Gasteiger partial charge in [-0.3, -0.25) is 9.78 Å². The highest BCUT2D eigenvalue weighted by molar-refractivity contribution is 7.98. The van der Waals surface area contributed by atoms with E-state index < -0.39 is 0 Å². The van der Waals surface area contributed by atoms with E-state index in [1.807, 2.05) is 42.6 Å². The number of hydrogen-bond acceptors (Lipinski definition) is 4. The zero-order chi connectivity index (χ0) is 21.8. The van der Waals surface area contributed by atoms with E-state index in [0.29, 0.717) is 12.6 Å². The molecule has 1 aliphatic rings. The molecule has 32 heavy (non-hydrogen) atoms. The van der Waals surface area contributed by atoms with Gasteiger partial charge in [-0.05, 0) is 42.2 Å². The molecule has 0 saturated heterocycles. The summed E-state index contributed by atoms with van der Waals surface area (Å²) < 4.78 is 2.21. The summed E-state index contributed by atoms with van der Waals surface area (Å²) in [6, 6.07) is 20.6. The average Bonchev–Trinajstić information content (AvgIpc) is 3.47. The van der Waals surface area contributed by atoms with Crippen LogP contribution in [0.15, 0.2) is 78.2 Å². The summed E-state index contributed by atoms with van der Waals surface area (Å²) in [6.45, 7) is 0.684. The van der Waals surface area contributed by atoms with Crippen molar-refractivity contribution in [3.63, 3.8) is 0 Å². The third kappa shape index (κ3) is 4.70. The summed E-state index contributed by atoms with van der Waals surface area (Å²) in [5.41, 5.74) is 5.09. The Hall–Kier alpha value is -3.12. The van der Waals surface area contributed by atoms with Crippen molar-refractivity contribution >= 4 is 28.7 Å². The number of carbonyl (C=O) groups excluding carboxylic acids is 1. The van der Waals surface area contributed by atoms with Crippen LogP contribution in [-0.2, 0) is 12.3 Å². The molecule has 1 N–H and O–H groups in total. The Morgan fingerprint density at radius 3 is 2.56 bits per heavy atom. The second-order valence-electron chi connectivity index (χ2n) is 8.27. The molecule has 0 unspecified atom stereocenters. The van der Waals surface area contributed by atoms with Crippen molar-refractivity contribution in [3.8, 4) is 0 Å². The fourth-order valence-electron chi connectivity index (χ4n) is 4.22. The smallest absolute Gasteiger partial charge is 0.251 e. The van der Waals surface area contributed by atoms with Crippen LogP contribution in [0.2, 0.25) is 0 Å². The van der Waals surface area contributed by atoms with Crippen molar-refractivity contribution in [2.75, 3.05) is 0 Å². The number of benzene rings is 2. The van der Waals surface area contributed by atoms with Crippen LogP contribution in [-0.4, -0.2) is 26.5 Å². The highest BCUT2D eigenvalue weighted by Gasteiger charge is 2.18. The summed E-state index contributed by atoms with van der Waals surface area (Å²) in [5, 5.41) is 4.13. The molecule has 0 radical (unpaired) electrons. The van der Waals surface area contributed by atoms with Gasteiger partial charge in [-0.1, -0.05) is 67.1 Å². The molecule has 1 fully saturated rings. The van der Waals surface area contributed by atoms with Gasteiger partial charge >= 0.3 is 0 Å². The van der Waals surface area contributed by atoms with Crippen LogP contribution in [0.4, 0.5) is 0 Å². The fourth-order valence-corrected chi connectivity index (χ4v) is 5.19. The van der Waals surface area contributed by atoms with Crippen molar-refractivity contribution in [3.05, 3.63) is 89.7 Å². The summed E-state index contributed by atoms with van der Waals surface area (Å²) in [5.74, 6) is 0.887. The molecular formula is C26H26N4OS. The molecule has 4 aromatic rings. The number of amides is 1. The fraction of sp³-hybridized carbons (Fsp3) is 0.269. The number of rotatable bonds is 7. The Bertz CT molecular complexity index is 1200. The van der Waals surface area contributed by atoms with Crippen molar-refractivity contribution < 1.29 is 4.79 Å². The van der Waals surface area contributed by atoms with E-state index in [1.165, 1.54) is 18.4 Å². The number of nitrogens with zero attached hydrogens (tertiary/aromatic N) is 3. The number of fused-ring (bicyclic) bond motifs is 1. The van der Waals surface area contributed by atoms with Crippen molar-refractivity contribution in [1.29, 1.82) is 0 Å². The Labute approximate surface area is 192 Å². The maximum Gasteiger partial charge on any atom is 0.251 e. The van der Waals surface area contributed by atoms with E-state index in [0.717, 1.165) is 45.9 Å². The lowest BCUT2D eigenvalue weighted by molar-refractivity contribution is 0.0938. The number of imidazole rings is 1. The third-order valence-corrected chi connectivity index (χ3v) is 7.02. The van der Waals surface area contributed by atoms with Gasteiger partial charge in [-0.2, -0.15) is 0 Å². The molecule has 2 aromatic carbocycles. The number of thioether (sulfide) groups is 1. The second kappa shape index (κ2) is 9.57. The van der Waals surface area contributed by atoms with E-state index in [-0.39, 0.29) is 5.91 Å². The van der Waals surface area contributed by atoms with Gasteiger partial charge in [0, 0.05) is 23.6 Å². The Balaban J connectivity index is 1.34. The molecule has 5 rings (SSSR count). The Morgan fingerprint density at radius 1 is 1.00 bits per heavy atom. The molecule has 1 amide bonds. The number of aromatic nitrogens is 3. The number of hydrogen-bond donors (Lipinski definition) is 1. The standard InChI is InChI=1S/C26H26N4OS/c31-25(28-22-8-4-5-9-22)21-12-10-19(11-13-21)17-30-24-16-27-15-14-23(24)29-26(30)32-18-20-6-2-1-3-7-20/h1-3,6-7,10-16,22H,4-5,8-9,17-18H2,(H,28,31). The zero-order valence-corrected chi connectivity index (χ0v) is 18.7. The molecule has 0 spiro atoms. The summed E-state index contributed by atoms with van der Waals surface area (Å²) in [6.07, 6.45) is 8.26. The highest BCUT2D eigenvalue weighted by atomic mass is 32.2. The zero-order valence-electron chi connectivity index (χ0n) is 17.9. The predicted molar refractivity (Wildman–Crippen MR) is 129 cm³/mol. The van der Waals surface area contributed by atoms with Crippen LogP contribution in [0.25, 0.3) is 11.0 Å². The Morgan fingerprint density at radius 2 is 1.78 bits per heavy atom. The second-order valence-corrected chi connectivity index (χ2v) is 9.21. The van der Waals surface area contributed by atoms with Gasteiger partial charge in [0.15, 0.2) is 5.16 Å². The van der Waals surface area contributed by atoms with E-state index in [4.69, 9.17) is 4.98 Å². The van der Waals surface area contributed by atoms with Crippen molar-refractivity contribution in [2.24, 2.45) is 0 Å². The molecule has 0 aliphatic heterocycles. The van der Waals surface area contributed by atoms with E-state index in [9.17, 15) is 4.79 Å². The van der Waals surface area contributed by atoms with Crippen LogP contribution < -0.4 is 5.32 Å². The summed E-state index contributed by atoms with van der Waals surface area (Å²) >= 11 is 1.73. The van der Waals surface area contributed by atoms with Crippen LogP contribution in [0, 0.1) is 0 Å². The number of pyridine rings is 1. The molecule has 2 aromatic heterocycles. The molecule has 1 saturated carbocycles. The maximum absolute atomic E-state index is 12.5. The molecule has 0 atom stereocenters. The normalized spacial score (nSPS) is 14.1. The molecule has 5 nitrogen and oxygen atoms in total. The van der Waals surface area contributed by atoms with Crippen LogP contribution in [0.1, 0.15) is 47.2 Å². The van der Waals surface area contributed by atoms with Gasteiger partial charge in [0.1, 0.15) is 0 Å². The van der Waals surface area contributed by atoms with Crippen LogP contribution in [0.3, 0.4) is 0 Å². The number of carbonyl (C=O) groups is 1. The average molecular weight is 443 g/mol. The minimum Gasteiger partial charge on any atom is -0.349 e. The minimum atomic E-state index is 0.0276. The lowest BCUT2D eigenvalue weighted by atomic mass is 10.1. The maximum atomic E-state index is 12.5. The van der Waals surface area contributed by atoms with Gasteiger partial charge in [-0.25, -0.2) is 4.98 Å². The molecular weight excluding hydrogens is 416 g/mol. The molecule has 6 heteroatoms. The molecule has 0 bridgehead atoms. The lowest BCUT2D eigenvalue weighted by Crippen LogP contribution is -2.32. The molecule has 162 valence electrons. The first-order valence-corrected chi connectivity index (χ1v) is 12.1. The van der Waals surface area contributed by atoms with Gasteiger partial charge < -0.3 is 9.88 Å². The van der Waals surface area contributed by atoms with E-state index in [2.05, 4.69) is 39.1 Å². The first-order valence-electron chi connectivity index (χ1n) is 11.1. The topological polar surface area (TPSA) is 59.8 Å². The SMILES string of the molecule is O=C(NC1CCCC1)c1ccc(Cn2c(SCc3ccccc3)nc3ccncc32)cc1. The van der Waals surface area contributed by atoms with Crippen molar-refractivity contribution in [1.82, 2.24) is 19.9 Å². The monoisotopic (exact) mass is 442 g/mol. The first-order chi connectivity index (χ1) is 15.8. The van der Waals surface area contributed by atoms with Crippen LogP contribution >= 0.6 is 11.8 Å². The van der Waals surface area contributed by atoms with Gasteiger partial charge in [-0.15, -0.1) is 0 Å². The molecule has 2 heterocycles. The summed E-state index contributed by atoms with van der Waals surface area (Å²) in [4.78, 5) is 21.7. The van der Waals surface area contributed by atoms with Gasteiger partial charge in [0.25, 0.3) is 5.91 Å². The Kier molecular flexibility index (Phi) is 6.21. The minimum absolute atomic E-state index is 0.0276. The predicted octanol–water partition coefficient (Wildman–Crippen LogP) is 5.44. The van der Waals surface area contributed by atoms with Gasteiger partial charge in [0.05, 0.1) is 23.8 Å². The van der Waals surface area contributed by atoms with Crippen molar-refractivity contribution in [2.45, 2.75) is 49.2 Å². The number of nitrogens with one attached hydrogen (secondary N) is 1. The van der Waals surface area contributed by atoms with E-state index in [1.54, 1.807) is 18.0 Å². The highest BCUT2D eigenvalue weighted by Crippen LogP contribution is 2.27. The van der Waals surface area contributed by atoms with Crippen LogP contribution in [0.5, 0.6) is 0 Å². The molecule has 1 aliphatic carbocycles. The van der Waals surface area contributed by atoms with Gasteiger partial charge in [0.2, 0.25) is 0 Å². The van der Waals surface area contributed by atoms with E-state index >= 15 is 0 Å². The lowest BCUT2D eigenvalue weighted by Gasteiger charge is -2.13. The third-order valence-electron chi connectivity index (χ3n) is 5.97. The first kappa shape index (κ1) is 20.8. The largest absolute Gasteiger partial charge is 0.349 e. The summed E-state index contributed by atoms with van der Waals surface area (Å²) in [7, 11) is 0. The quantitative estimate of drug-likeness (QED) is 0.387.